The lowest BCUT2D eigenvalue weighted by Crippen LogP contribution is -2.33. The summed E-state index contributed by atoms with van der Waals surface area (Å²) in [6, 6.07) is 12.5. The van der Waals surface area contributed by atoms with Crippen molar-refractivity contribution in [3.63, 3.8) is 0 Å². The molecule has 0 heterocycles. The fourth-order valence-electron chi connectivity index (χ4n) is 3.21. The minimum absolute atomic E-state index is 0.0164. The van der Waals surface area contributed by atoms with Crippen LogP contribution >= 0.6 is 0 Å². The van der Waals surface area contributed by atoms with Gasteiger partial charge in [-0.05, 0) is 36.5 Å². The summed E-state index contributed by atoms with van der Waals surface area (Å²) in [5, 5.41) is 3.02. The van der Waals surface area contributed by atoms with Crippen LogP contribution in [0.4, 0.5) is 14.5 Å². The number of carbonyl (C=O) groups excluding carboxylic acids is 1. The van der Waals surface area contributed by atoms with E-state index in [-0.39, 0.29) is 37.0 Å². The van der Waals surface area contributed by atoms with E-state index in [1.165, 1.54) is 6.07 Å². The molecule has 0 fully saturated rings. The molecular weight excluding hydrogens is 410 g/mol. The molecule has 0 aliphatic heterocycles. The van der Waals surface area contributed by atoms with Gasteiger partial charge in [0.05, 0.1) is 18.0 Å². The summed E-state index contributed by atoms with van der Waals surface area (Å²) < 4.78 is 51.9. The van der Waals surface area contributed by atoms with Gasteiger partial charge in [0.1, 0.15) is 0 Å². The van der Waals surface area contributed by atoms with Crippen molar-refractivity contribution < 1.29 is 22.0 Å². The molecule has 164 valence electrons. The van der Waals surface area contributed by atoms with E-state index in [9.17, 15) is 22.0 Å². The summed E-state index contributed by atoms with van der Waals surface area (Å²) in [7, 11) is -3.71. The third kappa shape index (κ3) is 7.09. The van der Waals surface area contributed by atoms with Gasteiger partial charge in [-0.3, -0.25) is 9.10 Å². The van der Waals surface area contributed by atoms with E-state index in [0.29, 0.717) is 5.92 Å². The summed E-state index contributed by atoms with van der Waals surface area (Å²) >= 11 is 0. The van der Waals surface area contributed by atoms with Crippen LogP contribution < -0.4 is 9.62 Å². The SMILES string of the molecule is CC(C)C[C@H](NC(=O)CCCN(c1ccc(F)c(F)c1)S(C)(=O)=O)c1ccccc1. The lowest BCUT2D eigenvalue weighted by atomic mass is 9.97. The Balaban J connectivity index is 2.01. The summed E-state index contributed by atoms with van der Waals surface area (Å²) in [6.45, 7) is 4.14. The molecule has 0 unspecified atom stereocenters. The molecule has 0 bridgehead atoms. The van der Waals surface area contributed by atoms with E-state index in [4.69, 9.17) is 0 Å². The maximum atomic E-state index is 13.5. The minimum Gasteiger partial charge on any atom is -0.349 e. The second-order valence-electron chi connectivity index (χ2n) is 7.70. The zero-order valence-electron chi connectivity index (χ0n) is 17.4. The molecule has 1 N–H and O–H groups in total. The molecule has 0 spiro atoms. The van der Waals surface area contributed by atoms with Crippen LogP contribution in [0, 0.1) is 17.6 Å². The largest absolute Gasteiger partial charge is 0.349 e. The van der Waals surface area contributed by atoms with Crippen LogP contribution in [0.15, 0.2) is 48.5 Å². The molecule has 0 aromatic heterocycles. The molecule has 2 aromatic rings. The van der Waals surface area contributed by atoms with E-state index < -0.39 is 21.7 Å². The molecule has 8 heteroatoms. The van der Waals surface area contributed by atoms with Crippen molar-refractivity contribution in [1.82, 2.24) is 5.32 Å². The molecule has 0 saturated heterocycles. The Labute approximate surface area is 177 Å². The van der Waals surface area contributed by atoms with Crippen molar-refractivity contribution in [3.8, 4) is 0 Å². The van der Waals surface area contributed by atoms with Crippen molar-refractivity contribution in [2.24, 2.45) is 5.92 Å². The van der Waals surface area contributed by atoms with Crippen LogP contribution in [-0.4, -0.2) is 27.1 Å². The number of carbonyl (C=O) groups is 1. The van der Waals surface area contributed by atoms with Crippen molar-refractivity contribution in [2.75, 3.05) is 17.1 Å². The summed E-state index contributed by atoms with van der Waals surface area (Å²) in [5.74, 6) is -1.99. The first-order valence-electron chi connectivity index (χ1n) is 9.85. The number of benzene rings is 2. The molecule has 1 amide bonds. The Kier molecular flexibility index (Phi) is 8.34. The fraction of sp³-hybridized carbons (Fsp3) is 0.409. The number of sulfonamides is 1. The zero-order valence-corrected chi connectivity index (χ0v) is 18.3. The number of rotatable bonds is 10. The number of hydrogen-bond acceptors (Lipinski definition) is 3. The van der Waals surface area contributed by atoms with Crippen molar-refractivity contribution in [3.05, 3.63) is 65.7 Å². The second-order valence-corrected chi connectivity index (χ2v) is 9.60. The van der Waals surface area contributed by atoms with E-state index >= 15 is 0 Å². The van der Waals surface area contributed by atoms with Crippen LogP contribution in [0.3, 0.4) is 0 Å². The number of nitrogens with one attached hydrogen (secondary N) is 1. The van der Waals surface area contributed by atoms with Gasteiger partial charge in [-0.15, -0.1) is 0 Å². The summed E-state index contributed by atoms with van der Waals surface area (Å²) in [5.41, 5.74) is 1.04. The average molecular weight is 439 g/mol. The number of amides is 1. The van der Waals surface area contributed by atoms with Crippen LogP contribution in [0.5, 0.6) is 0 Å². The quantitative estimate of drug-likeness (QED) is 0.597. The van der Waals surface area contributed by atoms with Gasteiger partial charge in [0.15, 0.2) is 11.6 Å². The van der Waals surface area contributed by atoms with E-state index in [1.807, 2.05) is 30.3 Å². The molecule has 0 radical (unpaired) electrons. The monoisotopic (exact) mass is 438 g/mol. The number of hydrogen-bond donors (Lipinski definition) is 1. The number of nitrogens with zero attached hydrogens (tertiary/aromatic N) is 1. The first-order valence-corrected chi connectivity index (χ1v) is 11.7. The average Bonchev–Trinajstić information content (AvgIpc) is 2.66. The third-order valence-electron chi connectivity index (χ3n) is 4.60. The fourth-order valence-corrected chi connectivity index (χ4v) is 4.17. The molecule has 0 aliphatic carbocycles. The predicted molar refractivity (Wildman–Crippen MR) is 115 cm³/mol. The summed E-state index contributed by atoms with van der Waals surface area (Å²) in [4.78, 5) is 12.5. The minimum atomic E-state index is -3.71. The number of halogens is 2. The Bertz CT molecular complexity index is 950. The molecule has 2 rings (SSSR count). The smallest absolute Gasteiger partial charge is 0.232 e. The van der Waals surface area contributed by atoms with Gasteiger partial charge in [0, 0.05) is 19.0 Å². The lowest BCUT2D eigenvalue weighted by molar-refractivity contribution is -0.122. The van der Waals surface area contributed by atoms with Crippen LogP contribution in [-0.2, 0) is 14.8 Å². The van der Waals surface area contributed by atoms with E-state index in [0.717, 1.165) is 34.7 Å². The highest BCUT2D eigenvalue weighted by Gasteiger charge is 2.20. The van der Waals surface area contributed by atoms with Gasteiger partial charge in [0.2, 0.25) is 15.9 Å². The standard InChI is InChI=1S/C22H28F2N2O3S/c1-16(2)14-21(17-8-5-4-6-9-17)25-22(27)10-7-13-26(30(3,28)29)18-11-12-19(23)20(24)15-18/h4-6,8-9,11-12,15-16,21H,7,10,13-14H2,1-3H3,(H,25,27)/t21-/m0/s1. The topological polar surface area (TPSA) is 66.5 Å². The first kappa shape index (κ1) is 23.8. The molecule has 2 aromatic carbocycles. The molecule has 0 aliphatic rings. The molecular formula is C22H28F2N2O3S. The highest BCUT2D eigenvalue weighted by molar-refractivity contribution is 7.92. The van der Waals surface area contributed by atoms with Gasteiger partial charge in [-0.2, -0.15) is 0 Å². The number of anilines is 1. The molecule has 5 nitrogen and oxygen atoms in total. The highest BCUT2D eigenvalue weighted by atomic mass is 32.2. The highest BCUT2D eigenvalue weighted by Crippen LogP contribution is 2.23. The Hall–Kier alpha value is -2.48. The van der Waals surface area contributed by atoms with Gasteiger partial charge >= 0.3 is 0 Å². The van der Waals surface area contributed by atoms with E-state index in [2.05, 4.69) is 19.2 Å². The first-order chi connectivity index (χ1) is 14.1. The second kappa shape index (κ2) is 10.5. The molecule has 0 saturated carbocycles. The Morgan fingerprint density at radius 1 is 1.07 bits per heavy atom. The van der Waals surface area contributed by atoms with Gasteiger partial charge < -0.3 is 5.32 Å². The maximum Gasteiger partial charge on any atom is 0.232 e. The Morgan fingerprint density at radius 3 is 2.30 bits per heavy atom. The lowest BCUT2D eigenvalue weighted by Gasteiger charge is -2.23. The summed E-state index contributed by atoms with van der Waals surface area (Å²) in [6.07, 6.45) is 2.11. The zero-order chi connectivity index (χ0) is 22.3. The van der Waals surface area contributed by atoms with Crippen molar-refractivity contribution >= 4 is 21.6 Å². The van der Waals surface area contributed by atoms with Gasteiger partial charge in [-0.1, -0.05) is 44.2 Å². The van der Waals surface area contributed by atoms with Crippen molar-refractivity contribution in [2.45, 2.75) is 39.2 Å². The van der Waals surface area contributed by atoms with Crippen LogP contribution in [0.25, 0.3) is 0 Å². The third-order valence-corrected chi connectivity index (χ3v) is 5.79. The molecule has 1 atom stereocenters. The maximum absolute atomic E-state index is 13.5. The predicted octanol–water partition coefficient (Wildman–Crippen LogP) is 4.41. The Morgan fingerprint density at radius 2 is 1.73 bits per heavy atom. The van der Waals surface area contributed by atoms with Crippen LogP contribution in [0.2, 0.25) is 0 Å². The van der Waals surface area contributed by atoms with Crippen LogP contribution in [0.1, 0.15) is 44.7 Å². The van der Waals surface area contributed by atoms with E-state index in [1.54, 1.807) is 0 Å². The van der Waals surface area contributed by atoms with Gasteiger partial charge in [-0.25, -0.2) is 17.2 Å². The normalized spacial score (nSPS) is 12.6. The molecule has 30 heavy (non-hydrogen) atoms. The van der Waals surface area contributed by atoms with Crippen molar-refractivity contribution in [1.29, 1.82) is 0 Å². The van der Waals surface area contributed by atoms with Gasteiger partial charge in [0.25, 0.3) is 0 Å².